The van der Waals surface area contributed by atoms with E-state index in [4.69, 9.17) is 27.9 Å². The fourth-order valence-corrected chi connectivity index (χ4v) is 5.81. The van der Waals surface area contributed by atoms with Crippen LogP contribution in [0.4, 0.5) is 0 Å². The maximum Gasteiger partial charge on any atom is 0.161 e. The monoisotopic (exact) mass is 545 g/mol. The van der Waals surface area contributed by atoms with Crippen LogP contribution in [0, 0.1) is 0 Å². The molecule has 3 aliphatic rings. The second kappa shape index (κ2) is 9.28. The first-order valence-electron chi connectivity index (χ1n) is 11.1. The van der Waals surface area contributed by atoms with E-state index in [-0.39, 0.29) is 11.6 Å². The molecular weight excluding hydrogens is 525 g/mol. The number of ketones is 2. The Kier molecular flexibility index (Phi) is 6.39. The van der Waals surface area contributed by atoms with Crippen LogP contribution in [-0.4, -0.2) is 11.6 Å². The summed E-state index contributed by atoms with van der Waals surface area (Å²) in [6, 6.07) is 11.4. The number of rotatable bonds is 4. The lowest BCUT2D eigenvalue weighted by Crippen LogP contribution is -2.36. The number of ether oxygens (including phenoxy) is 1. The van der Waals surface area contributed by atoms with E-state index in [2.05, 4.69) is 21.2 Å². The molecule has 2 aromatic rings. The van der Waals surface area contributed by atoms with E-state index in [1.165, 1.54) is 0 Å². The first-order chi connectivity index (χ1) is 15.9. The highest BCUT2D eigenvalue weighted by Gasteiger charge is 2.40. The number of Topliss-reactive ketones (excluding diaryl/α,β-unsaturated/α-hetero) is 2. The van der Waals surface area contributed by atoms with Crippen LogP contribution in [0.3, 0.4) is 0 Å². The van der Waals surface area contributed by atoms with E-state index in [1.807, 2.05) is 24.3 Å². The molecular formula is C26H22BrCl2NO3. The van der Waals surface area contributed by atoms with Crippen molar-refractivity contribution in [3.8, 4) is 5.75 Å². The maximum absolute atomic E-state index is 13.0. The Bertz CT molecular complexity index is 1150. The van der Waals surface area contributed by atoms with Gasteiger partial charge in [0.1, 0.15) is 6.61 Å². The lowest BCUT2D eigenvalue weighted by Gasteiger charge is -2.37. The van der Waals surface area contributed by atoms with Crippen molar-refractivity contribution in [2.75, 3.05) is 0 Å². The van der Waals surface area contributed by atoms with Gasteiger partial charge in [-0.15, -0.1) is 0 Å². The first-order valence-corrected chi connectivity index (χ1v) is 12.6. The van der Waals surface area contributed by atoms with Crippen LogP contribution in [0.1, 0.15) is 55.6 Å². The van der Waals surface area contributed by atoms with E-state index in [0.717, 1.165) is 52.7 Å². The van der Waals surface area contributed by atoms with Crippen molar-refractivity contribution in [2.45, 2.75) is 51.0 Å². The van der Waals surface area contributed by atoms with E-state index in [9.17, 15) is 9.59 Å². The lowest BCUT2D eigenvalue weighted by molar-refractivity contribution is -0.116. The van der Waals surface area contributed by atoms with Gasteiger partial charge >= 0.3 is 0 Å². The molecule has 0 aromatic heterocycles. The molecule has 170 valence electrons. The van der Waals surface area contributed by atoms with E-state index >= 15 is 0 Å². The van der Waals surface area contributed by atoms with Crippen LogP contribution in [0.25, 0.3) is 0 Å². The van der Waals surface area contributed by atoms with Gasteiger partial charge in [0.05, 0.1) is 10.0 Å². The topological polar surface area (TPSA) is 55.4 Å². The van der Waals surface area contributed by atoms with Crippen molar-refractivity contribution in [3.05, 3.63) is 84.6 Å². The molecule has 0 fully saturated rings. The molecule has 0 radical (unpaired) electrons. The number of benzene rings is 2. The fourth-order valence-electron chi connectivity index (χ4n) is 4.94. The second-order valence-electron chi connectivity index (χ2n) is 8.62. The molecule has 33 heavy (non-hydrogen) atoms. The Morgan fingerprint density at radius 3 is 1.97 bits per heavy atom. The molecule has 7 heteroatoms. The quantitative estimate of drug-likeness (QED) is 0.447. The highest BCUT2D eigenvalue weighted by molar-refractivity contribution is 9.10. The average molecular weight is 547 g/mol. The summed E-state index contributed by atoms with van der Waals surface area (Å²) in [5.74, 6) is 0.127. The Hall–Kier alpha value is -2.08. The molecule has 0 atom stereocenters. The van der Waals surface area contributed by atoms with Crippen molar-refractivity contribution in [1.82, 2.24) is 5.32 Å². The van der Waals surface area contributed by atoms with Gasteiger partial charge in [-0.1, -0.05) is 51.3 Å². The number of carbonyl (C=O) groups is 2. The SMILES string of the molecule is O=C1CCCC2=C1C(c1cc(Cl)c(OCc3ccc(Br)cc3)c(Cl)c1)C1=C(CCCC1=O)N2. The fraction of sp³-hybridized carbons (Fsp3) is 0.308. The molecule has 1 aliphatic heterocycles. The van der Waals surface area contributed by atoms with Crippen molar-refractivity contribution < 1.29 is 14.3 Å². The minimum absolute atomic E-state index is 0.0847. The average Bonchev–Trinajstić information content (AvgIpc) is 2.79. The van der Waals surface area contributed by atoms with Gasteiger partial charge in [-0.05, 0) is 61.1 Å². The zero-order valence-electron chi connectivity index (χ0n) is 17.8. The van der Waals surface area contributed by atoms with Crippen molar-refractivity contribution >= 4 is 50.7 Å². The number of hydrogen-bond acceptors (Lipinski definition) is 4. The summed E-state index contributed by atoms with van der Waals surface area (Å²) in [6.07, 6.45) is 4.22. The summed E-state index contributed by atoms with van der Waals surface area (Å²) in [5.41, 5.74) is 4.99. The normalized spacial score (nSPS) is 18.8. The maximum atomic E-state index is 13.0. The van der Waals surface area contributed by atoms with Gasteiger partial charge < -0.3 is 10.1 Å². The molecule has 0 unspecified atom stereocenters. The zero-order chi connectivity index (χ0) is 23.1. The summed E-state index contributed by atoms with van der Waals surface area (Å²) < 4.78 is 6.93. The zero-order valence-corrected chi connectivity index (χ0v) is 20.9. The third-order valence-corrected chi connectivity index (χ3v) is 7.53. The summed E-state index contributed by atoms with van der Waals surface area (Å²) >= 11 is 16.7. The van der Waals surface area contributed by atoms with Crippen LogP contribution >= 0.6 is 39.1 Å². The van der Waals surface area contributed by atoms with Crippen LogP contribution < -0.4 is 10.1 Å². The largest absolute Gasteiger partial charge is 0.486 e. The Balaban J connectivity index is 1.52. The number of nitrogens with one attached hydrogen (secondary N) is 1. The van der Waals surface area contributed by atoms with Crippen LogP contribution in [0.15, 0.2) is 63.4 Å². The molecule has 0 spiro atoms. The number of allylic oxidation sites excluding steroid dienone is 4. The molecule has 1 N–H and O–H groups in total. The van der Waals surface area contributed by atoms with E-state index < -0.39 is 5.92 Å². The Morgan fingerprint density at radius 1 is 0.879 bits per heavy atom. The van der Waals surface area contributed by atoms with Crippen molar-refractivity contribution in [3.63, 3.8) is 0 Å². The molecule has 5 rings (SSSR count). The summed E-state index contributed by atoms with van der Waals surface area (Å²) in [5, 5.41) is 4.15. The standard InChI is InChI=1S/C26H22BrCl2NO3/c27-16-9-7-14(8-10-16)13-33-26-17(28)11-15(12-18(26)29)23-24-19(3-1-5-21(24)31)30-20-4-2-6-22(32)25(20)23/h7-12,23,30H,1-6,13H2. The molecule has 0 bridgehead atoms. The Labute approximate surface area is 211 Å². The van der Waals surface area contributed by atoms with E-state index in [0.29, 0.717) is 46.4 Å². The highest BCUT2D eigenvalue weighted by Crippen LogP contribution is 2.47. The number of hydrogen-bond donors (Lipinski definition) is 1. The number of carbonyl (C=O) groups excluding carboxylic acids is 2. The third kappa shape index (κ3) is 4.39. The molecule has 0 amide bonds. The van der Waals surface area contributed by atoms with Gasteiger partial charge in [0.25, 0.3) is 0 Å². The third-order valence-electron chi connectivity index (χ3n) is 6.44. The molecule has 0 saturated heterocycles. The number of halogens is 3. The summed E-state index contributed by atoms with van der Waals surface area (Å²) in [4.78, 5) is 26.0. The van der Waals surface area contributed by atoms with Gasteiger partial charge in [0.15, 0.2) is 17.3 Å². The van der Waals surface area contributed by atoms with Gasteiger partial charge in [-0.3, -0.25) is 9.59 Å². The van der Waals surface area contributed by atoms with Crippen molar-refractivity contribution in [2.24, 2.45) is 0 Å². The van der Waals surface area contributed by atoms with Crippen LogP contribution in [0.5, 0.6) is 5.75 Å². The molecule has 2 aromatic carbocycles. The minimum Gasteiger partial charge on any atom is -0.486 e. The first kappa shape index (κ1) is 22.7. The smallest absolute Gasteiger partial charge is 0.161 e. The summed E-state index contributed by atoms with van der Waals surface area (Å²) in [7, 11) is 0. The summed E-state index contributed by atoms with van der Waals surface area (Å²) in [6.45, 7) is 0.320. The van der Waals surface area contributed by atoms with Gasteiger partial charge in [0, 0.05) is 45.8 Å². The number of dihydropyridines is 1. The van der Waals surface area contributed by atoms with Gasteiger partial charge in [-0.2, -0.15) is 0 Å². The predicted molar refractivity (Wildman–Crippen MR) is 133 cm³/mol. The van der Waals surface area contributed by atoms with Crippen molar-refractivity contribution in [1.29, 1.82) is 0 Å². The lowest BCUT2D eigenvalue weighted by atomic mass is 9.71. The molecule has 4 nitrogen and oxygen atoms in total. The van der Waals surface area contributed by atoms with Gasteiger partial charge in [-0.25, -0.2) is 0 Å². The minimum atomic E-state index is -0.438. The van der Waals surface area contributed by atoms with Crippen LogP contribution in [-0.2, 0) is 16.2 Å². The molecule has 2 aliphatic carbocycles. The van der Waals surface area contributed by atoms with Crippen LogP contribution in [0.2, 0.25) is 10.0 Å². The van der Waals surface area contributed by atoms with E-state index in [1.54, 1.807) is 12.1 Å². The Morgan fingerprint density at radius 2 is 1.42 bits per heavy atom. The highest BCUT2D eigenvalue weighted by atomic mass is 79.9. The van der Waals surface area contributed by atoms with Gasteiger partial charge in [0.2, 0.25) is 0 Å². The predicted octanol–water partition coefficient (Wildman–Crippen LogP) is 7.04. The molecule has 0 saturated carbocycles. The second-order valence-corrected chi connectivity index (χ2v) is 10.4. The molecule has 1 heterocycles.